The van der Waals surface area contributed by atoms with Crippen LogP contribution in [0.25, 0.3) is 0 Å². The number of nitrogens with two attached hydrogens (primary N) is 1. The summed E-state index contributed by atoms with van der Waals surface area (Å²) in [4.78, 5) is 2.36. The Morgan fingerprint density at radius 2 is 2.14 bits per heavy atom. The molecule has 1 aliphatic carbocycles. The Morgan fingerprint density at radius 3 is 2.81 bits per heavy atom. The molecule has 1 atom stereocenters. The number of aliphatic hydroxyl groups excluding tert-OH is 1. The first-order chi connectivity index (χ1) is 10.2. The van der Waals surface area contributed by atoms with Gasteiger partial charge in [0.1, 0.15) is 18.5 Å². The van der Waals surface area contributed by atoms with Crippen LogP contribution in [0.5, 0.6) is 5.75 Å². The number of benzene rings is 1. The maximum absolute atomic E-state index is 10.2. The van der Waals surface area contributed by atoms with Crippen LogP contribution in [0.1, 0.15) is 31.7 Å². The van der Waals surface area contributed by atoms with Gasteiger partial charge in [0.05, 0.1) is 0 Å². The fraction of sp³-hybridized carbons (Fsp3) is 0.647. The predicted octanol–water partition coefficient (Wildman–Crippen LogP) is 2.01. The van der Waals surface area contributed by atoms with E-state index in [0.717, 1.165) is 36.7 Å². The zero-order valence-electron chi connectivity index (χ0n) is 13.0. The summed E-state index contributed by atoms with van der Waals surface area (Å²) in [6, 6.07) is 7.74. The molecule has 1 aliphatic rings. The van der Waals surface area contributed by atoms with E-state index in [-0.39, 0.29) is 0 Å². The summed E-state index contributed by atoms with van der Waals surface area (Å²) < 4.78 is 5.73. The van der Waals surface area contributed by atoms with E-state index in [0.29, 0.717) is 19.7 Å². The van der Waals surface area contributed by atoms with Crippen LogP contribution < -0.4 is 10.5 Å². The Hall–Kier alpha value is -1.10. The molecule has 118 valence electrons. The third kappa shape index (κ3) is 5.65. The summed E-state index contributed by atoms with van der Waals surface area (Å²) in [6.07, 6.45) is 3.35. The van der Waals surface area contributed by atoms with Crippen LogP contribution in [0.4, 0.5) is 0 Å². The van der Waals surface area contributed by atoms with Crippen molar-refractivity contribution in [2.45, 2.75) is 38.8 Å². The number of ether oxygens (including phenoxy) is 1. The quantitative estimate of drug-likeness (QED) is 0.692. The van der Waals surface area contributed by atoms with Crippen molar-refractivity contribution in [3.05, 3.63) is 29.8 Å². The number of rotatable bonds is 10. The lowest BCUT2D eigenvalue weighted by Gasteiger charge is -2.24. The molecule has 1 saturated carbocycles. The lowest BCUT2D eigenvalue weighted by atomic mass is 10.2. The molecule has 21 heavy (non-hydrogen) atoms. The van der Waals surface area contributed by atoms with Crippen molar-refractivity contribution < 1.29 is 9.84 Å². The van der Waals surface area contributed by atoms with Crippen molar-refractivity contribution in [3.63, 3.8) is 0 Å². The van der Waals surface area contributed by atoms with Gasteiger partial charge in [-0.1, -0.05) is 25.1 Å². The fourth-order valence-corrected chi connectivity index (χ4v) is 2.59. The molecule has 0 spiro atoms. The average molecular weight is 292 g/mol. The first-order valence-corrected chi connectivity index (χ1v) is 8.04. The van der Waals surface area contributed by atoms with Crippen molar-refractivity contribution >= 4 is 0 Å². The van der Waals surface area contributed by atoms with Gasteiger partial charge in [-0.25, -0.2) is 0 Å². The van der Waals surface area contributed by atoms with Gasteiger partial charge in [0.2, 0.25) is 0 Å². The zero-order valence-corrected chi connectivity index (χ0v) is 13.0. The van der Waals surface area contributed by atoms with Gasteiger partial charge in [0, 0.05) is 25.2 Å². The van der Waals surface area contributed by atoms with Crippen molar-refractivity contribution in [2.75, 3.05) is 26.2 Å². The minimum atomic E-state index is -0.457. The Kier molecular flexibility index (Phi) is 6.49. The lowest BCUT2D eigenvalue weighted by Crippen LogP contribution is -2.37. The fourth-order valence-electron chi connectivity index (χ4n) is 2.59. The van der Waals surface area contributed by atoms with Gasteiger partial charge >= 0.3 is 0 Å². The molecule has 2 rings (SSSR count). The molecule has 4 nitrogen and oxygen atoms in total. The van der Waals surface area contributed by atoms with Crippen LogP contribution in [0.2, 0.25) is 0 Å². The van der Waals surface area contributed by atoms with Gasteiger partial charge in [0.15, 0.2) is 0 Å². The van der Waals surface area contributed by atoms with E-state index in [1.54, 1.807) is 0 Å². The van der Waals surface area contributed by atoms with Crippen LogP contribution in [-0.2, 0) is 6.54 Å². The highest BCUT2D eigenvalue weighted by Crippen LogP contribution is 2.29. The van der Waals surface area contributed by atoms with Gasteiger partial charge in [-0.15, -0.1) is 0 Å². The van der Waals surface area contributed by atoms with Gasteiger partial charge in [-0.2, -0.15) is 0 Å². The third-order valence-electron chi connectivity index (χ3n) is 3.85. The monoisotopic (exact) mass is 292 g/mol. The van der Waals surface area contributed by atoms with E-state index in [9.17, 15) is 5.11 Å². The molecule has 0 radical (unpaired) electrons. The van der Waals surface area contributed by atoms with E-state index in [1.165, 1.54) is 12.8 Å². The summed E-state index contributed by atoms with van der Waals surface area (Å²) >= 11 is 0. The molecule has 0 heterocycles. The second-order valence-corrected chi connectivity index (χ2v) is 5.98. The molecule has 3 N–H and O–H groups in total. The Labute approximate surface area is 127 Å². The van der Waals surface area contributed by atoms with Gasteiger partial charge < -0.3 is 20.5 Å². The highest BCUT2D eigenvalue weighted by atomic mass is 16.5. The standard InChI is InChI=1S/C17H28N2O2/c1-2-9-19(11-14-7-8-14)12-16(20)13-21-17-6-4-3-5-15(17)10-18/h3-6,14,16,20H,2,7-13,18H2,1H3. The molecule has 4 heteroatoms. The average Bonchev–Trinajstić information content (AvgIpc) is 3.29. The summed E-state index contributed by atoms with van der Waals surface area (Å²) in [7, 11) is 0. The molecule has 1 fully saturated rings. The van der Waals surface area contributed by atoms with Gasteiger partial charge in [-0.05, 0) is 37.8 Å². The highest BCUT2D eigenvalue weighted by molar-refractivity contribution is 5.32. The number of para-hydroxylation sites is 1. The smallest absolute Gasteiger partial charge is 0.123 e. The molecule has 1 aromatic rings. The third-order valence-corrected chi connectivity index (χ3v) is 3.85. The second-order valence-electron chi connectivity index (χ2n) is 5.98. The maximum atomic E-state index is 10.2. The largest absolute Gasteiger partial charge is 0.491 e. The van der Waals surface area contributed by atoms with Crippen molar-refractivity contribution in [3.8, 4) is 5.75 Å². The Morgan fingerprint density at radius 1 is 1.38 bits per heavy atom. The van der Waals surface area contributed by atoms with Crippen LogP contribution in [0.3, 0.4) is 0 Å². The molecular weight excluding hydrogens is 264 g/mol. The Bertz CT molecular complexity index is 421. The van der Waals surface area contributed by atoms with Crippen molar-refractivity contribution in [1.82, 2.24) is 4.90 Å². The molecule has 1 unspecified atom stereocenters. The number of hydrogen-bond acceptors (Lipinski definition) is 4. The number of aliphatic hydroxyl groups is 1. The zero-order chi connectivity index (χ0) is 15.1. The highest BCUT2D eigenvalue weighted by Gasteiger charge is 2.25. The first kappa shape index (κ1) is 16.3. The summed E-state index contributed by atoms with van der Waals surface area (Å²) in [6.45, 7) is 5.81. The van der Waals surface area contributed by atoms with E-state index in [1.807, 2.05) is 24.3 Å². The molecular formula is C17H28N2O2. The molecule has 0 saturated heterocycles. The minimum absolute atomic E-state index is 0.321. The SMILES string of the molecule is CCCN(CC(O)COc1ccccc1CN)CC1CC1. The topological polar surface area (TPSA) is 58.7 Å². The number of nitrogens with zero attached hydrogens (tertiary/aromatic N) is 1. The van der Waals surface area contributed by atoms with Crippen LogP contribution >= 0.6 is 0 Å². The minimum Gasteiger partial charge on any atom is -0.491 e. The van der Waals surface area contributed by atoms with E-state index in [2.05, 4.69) is 11.8 Å². The van der Waals surface area contributed by atoms with Crippen molar-refractivity contribution in [2.24, 2.45) is 11.7 Å². The molecule has 1 aromatic carbocycles. The van der Waals surface area contributed by atoms with Gasteiger partial charge in [-0.3, -0.25) is 0 Å². The van der Waals surface area contributed by atoms with Crippen LogP contribution in [-0.4, -0.2) is 42.4 Å². The van der Waals surface area contributed by atoms with Crippen LogP contribution in [0.15, 0.2) is 24.3 Å². The second kappa shape index (κ2) is 8.37. The summed E-state index contributed by atoms with van der Waals surface area (Å²) in [5.41, 5.74) is 6.67. The van der Waals surface area contributed by atoms with E-state index >= 15 is 0 Å². The first-order valence-electron chi connectivity index (χ1n) is 8.04. The van der Waals surface area contributed by atoms with E-state index < -0.39 is 6.10 Å². The van der Waals surface area contributed by atoms with E-state index in [4.69, 9.17) is 10.5 Å². The molecule has 0 aromatic heterocycles. The Balaban J connectivity index is 1.78. The van der Waals surface area contributed by atoms with Crippen LogP contribution in [0, 0.1) is 5.92 Å². The molecule has 0 amide bonds. The normalized spacial score (nSPS) is 16.2. The molecule has 0 bridgehead atoms. The number of hydrogen-bond donors (Lipinski definition) is 2. The maximum Gasteiger partial charge on any atom is 0.123 e. The predicted molar refractivity (Wildman–Crippen MR) is 85.3 cm³/mol. The molecule has 0 aliphatic heterocycles. The summed E-state index contributed by atoms with van der Waals surface area (Å²) in [5, 5.41) is 10.2. The lowest BCUT2D eigenvalue weighted by molar-refractivity contribution is 0.0662. The van der Waals surface area contributed by atoms with Crippen molar-refractivity contribution in [1.29, 1.82) is 0 Å². The summed E-state index contributed by atoms with van der Waals surface area (Å²) in [5.74, 6) is 1.63. The van der Waals surface area contributed by atoms with Gasteiger partial charge in [0.25, 0.3) is 0 Å².